The van der Waals surface area contributed by atoms with Crippen molar-refractivity contribution in [3.8, 4) is 0 Å². The van der Waals surface area contributed by atoms with E-state index in [0.29, 0.717) is 0 Å². The van der Waals surface area contributed by atoms with Crippen LogP contribution in [0.25, 0.3) is 6.08 Å². The summed E-state index contributed by atoms with van der Waals surface area (Å²) in [7, 11) is 0. The number of rotatable bonds is 7. The summed E-state index contributed by atoms with van der Waals surface area (Å²) in [6.07, 6.45) is 5.28. The molecule has 0 atom stereocenters. The predicted molar refractivity (Wildman–Crippen MR) is 74.2 cm³/mol. The molecule has 0 fully saturated rings. The summed E-state index contributed by atoms with van der Waals surface area (Å²) in [5.74, 6) is 1.32. The molecule has 0 spiro atoms. The van der Waals surface area contributed by atoms with Gasteiger partial charge in [0.05, 0.1) is 0 Å². The lowest BCUT2D eigenvalue weighted by molar-refractivity contribution is -0.131. The van der Waals surface area contributed by atoms with Crippen LogP contribution in [-0.4, -0.2) is 16.8 Å². The van der Waals surface area contributed by atoms with Gasteiger partial charge in [0.1, 0.15) is 0 Å². The minimum atomic E-state index is -0.913. The van der Waals surface area contributed by atoms with Crippen LogP contribution in [0.2, 0.25) is 0 Å². The minimum Gasteiger partial charge on any atom is -0.478 e. The van der Waals surface area contributed by atoms with E-state index in [2.05, 4.69) is 19.1 Å². The van der Waals surface area contributed by atoms with Crippen LogP contribution in [-0.2, 0) is 10.5 Å². The van der Waals surface area contributed by atoms with Crippen molar-refractivity contribution in [3.05, 3.63) is 41.5 Å². The first-order valence-electron chi connectivity index (χ1n) is 5.80. The highest BCUT2D eigenvalue weighted by atomic mass is 32.2. The summed E-state index contributed by atoms with van der Waals surface area (Å²) in [5, 5.41) is 8.51. The van der Waals surface area contributed by atoms with Crippen LogP contribution in [0.15, 0.2) is 30.3 Å². The Kier molecular flexibility index (Phi) is 6.48. The molecule has 0 aliphatic rings. The highest BCUT2D eigenvalue weighted by Gasteiger charge is 1.94. The molecule has 92 valence electrons. The van der Waals surface area contributed by atoms with Gasteiger partial charge in [0.2, 0.25) is 0 Å². The first kappa shape index (κ1) is 13.8. The lowest BCUT2D eigenvalue weighted by Crippen LogP contribution is -1.86. The maximum absolute atomic E-state index is 10.4. The molecule has 0 aliphatic heterocycles. The second-order valence-corrected chi connectivity index (χ2v) is 4.92. The molecular weight excluding hydrogens is 232 g/mol. The van der Waals surface area contributed by atoms with Crippen molar-refractivity contribution in [1.29, 1.82) is 0 Å². The van der Waals surface area contributed by atoms with Crippen molar-refractivity contribution in [3.63, 3.8) is 0 Å². The van der Waals surface area contributed by atoms with E-state index in [9.17, 15) is 4.79 Å². The van der Waals surface area contributed by atoms with Crippen LogP contribution in [0.5, 0.6) is 0 Å². The lowest BCUT2D eigenvalue weighted by atomic mass is 10.1. The van der Waals surface area contributed by atoms with E-state index in [-0.39, 0.29) is 0 Å². The largest absolute Gasteiger partial charge is 0.478 e. The van der Waals surface area contributed by atoms with Gasteiger partial charge in [-0.1, -0.05) is 37.6 Å². The Bertz CT molecular complexity index is 368. The normalized spacial score (nSPS) is 10.9. The van der Waals surface area contributed by atoms with Gasteiger partial charge in [0.25, 0.3) is 0 Å². The van der Waals surface area contributed by atoms with Gasteiger partial charge in [-0.2, -0.15) is 11.8 Å². The molecule has 1 aromatic carbocycles. The molecule has 1 rings (SSSR count). The van der Waals surface area contributed by atoms with Gasteiger partial charge in [-0.15, -0.1) is 0 Å². The van der Waals surface area contributed by atoms with E-state index in [4.69, 9.17) is 5.11 Å². The molecule has 3 heteroatoms. The molecular formula is C14H18O2S. The zero-order valence-corrected chi connectivity index (χ0v) is 10.9. The topological polar surface area (TPSA) is 37.3 Å². The SMILES string of the molecule is CCCCSCc1ccc(C=CC(=O)O)cc1. The molecule has 0 unspecified atom stereocenters. The summed E-state index contributed by atoms with van der Waals surface area (Å²) in [4.78, 5) is 10.4. The van der Waals surface area contributed by atoms with Gasteiger partial charge in [-0.25, -0.2) is 4.79 Å². The molecule has 1 N–H and O–H groups in total. The molecule has 17 heavy (non-hydrogen) atoms. The summed E-state index contributed by atoms with van der Waals surface area (Å²) in [6.45, 7) is 2.20. The van der Waals surface area contributed by atoms with Crippen molar-refractivity contribution < 1.29 is 9.90 Å². The van der Waals surface area contributed by atoms with Gasteiger partial charge in [0.15, 0.2) is 0 Å². The first-order chi connectivity index (χ1) is 8.22. The molecule has 2 nitrogen and oxygen atoms in total. The number of carbonyl (C=O) groups is 1. The summed E-state index contributed by atoms with van der Waals surface area (Å²) in [6, 6.07) is 8.02. The van der Waals surface area contributed by atoms with E-state index in [1.54, 1.807) is 6.08 Å². The standard InChI is InChI=1S/C14H18O2S/c1-2-3-10-17-11-13-6-4-12(5-7-13)8-9-14(15)16/h4-9H,2-3,10-11H2,1H3,(H,15,16). The van der Waals surface area contributed by atoms with Crippen molar-refractivity contribution in [1.82, 2.24) is 0 Å². The number of hydrogen-bond donors (Lipinski definition) is 1. The van der Waals surface area contributed by atoms with E-state index in [1.807, 2.05) is 23.9 Å². The fourth-order valence-electron chi connectivity index (χ4n) is 1.33. The number of thioether (sulfide) groups is 1. The first-order valence-corrected chi connectivity index (χ1v) is 6.95. The highest BCUT2D eigenvalue weighted by Crippen LogP contribution is 2.15. The maximum atomic E-state index is 10.4. The van der Waals surface area contributed by atoms with E-state index in [0.717, 1.165) is 17.4 Å². The van der Waals surface area contributed by atoms with Crippen molar-refractivity contribution in [2.24, 2.45) is 0 Å². The second-order valence-electron chi connectivity index (χ2n) is 3.82. The predicted octanol–water partition coefficient (Wildman–Crippen LogP) is 3.82. The Balaban J connectivity index is 2.42. The Labute approximate surface area is 107 Å². The second kappa shape index (κ2) is 7.96. The number of carboxylic acids is 1. The quantitative estimate of drug-likeness (QED) is 0.590. The van der Waals surface area contributed by atoms with Crippen molar-refractivity contribution in [2.45, 2.75) is 25.5 Å². The molecule has 0 amide bonds. The number of unbranched alkanes of at least 4 members (excludes halogenated alkanes) is 1. The zero-order valence-electron chi connectivity index (χ0n) is 10.1. The number of benzene rings is 1. The smallest absolute Gasteiger partial charge is 0.328 e. The van der Waals surface area contributed by atoms with Crippen molar-refractivity contribution in [2.75, 3.05) is 5.75 Å². The molecule has 0 saturated heterocycles. The third-order valence-corrected chi connectivity index (χ3v) is 3.42. The lowest BCUT2D eigenvalue weighted by Gasteiger charge is -2.01. The monoisotopic (exact) mass is 250 g/mol. The Morgan fingerprint density at radius 3 is 2.65 bits per heavy atom. The Morgan fingerprint density at radius 2 is 2.06 bits per heavy atom. The zero-order chi connectivity index (χ0) is 12.5. The van der Waals surface area contributed by atoms with Gasteiger partial charge in [-0.05, 0) is 29.4 Å². The number of aliphatic carboxylic acids is 1. The van der Waals surface area contributed by atoms with Crippen LogP contribution in [0.1, 0.15) is 30.9 Å². The molecule has 0 radical (unpaired) electrons. The van der Waals surface area contributed by atoms with E-state index < -0.39 is 5.97 Å². The Hall–Kier alpha value is -1.22. The van der Waals surface area contributed by atoms with Crippen LogP contribution in [0.3, 0.4) is 0 Å². The third-order valence-electron chi connectivity index (χ3n) is 2.31. The summed E-state index contributed by atoms with van der Waals surface area (Å²) >= 11 is 1.94. The van der Waals surface area contributed by atoms with Crippen LogP contribution in [0.4, 0.5) is 0 Å². The minimum absolute atomic E-state index is 0.913. The summed E-state index contributed by atoms with van der Waals surface area (Å²) in [5.41, 5.74) is 2.22. The molecule has 0 heterocycles. The highest BCUT2D eigenvalue weighted by molar-refractivity contribution is 7.98. The molecule has 0 aromatic heterocycles. The van der Waals surface area contributed by atoms with Crippen LogP contribution < -0.4 is 0 Å². The van der Waals surface area contributed by atoms with Crippen molar-refractivity contribution >= 4 is 23.8 Å². The number of hydrogen-bond acceptors (Lipinski definition) is 2. The summed E-state index contributed by atoms with van der Waals surface area (Å²) < 4.78 is 0. The molecule has 0 bridgehead atoms. The molecule has 0 aliphatic carbocycles. The third kappa shape index (κ3) is 6.17. The fourth-order valence-corrected chi connectivity index (χ4v) is 2.39. The average molecular weight is 250 g/mol. The van der Waals surface area contributed by atoms with Crippen LogP contribution >= 0.6 is 11.8 Å². The van der Waals surface area contributed by atoms with Gasteiger partial charge in [0, 0.05) is 11.8 Å². The van der Waals surface area contributed by atoms with Gasteiger partial charge in [-0.3, -0.25) is 0 Å². The van der Waals surface area contributed by atoms with Gasteiger partial charge >= 0.3 is 5.97 Å². The maximum Gasteiger partial charge on any atom is 0.328 e. The van der Waals surface area contributed by atoms with E-state index in [1.165, 1.54) is 24.2 Å². The number of carboxylic acid groups (broad SMARTS) is 1. The molecule has 1 aromatic rings. The Morgan fingerprint density at radius 1 is 1.35 bits per heavy atom. The van der Waals surface area contributed by atoms with E-state index >= 15 is 0 Å². The van der Waals surface area contributed by atoms with Gasteiger partial charge < -0.3 is 5.11 Å². The fraction of sp³-hybridized carbons (Fsp3) is 0.357. The average Bonchev–Trinajstić information content (AvgIpc) is 2.33. The molecule has 0 saturated carbocycles. The van der Waals surface area contributed by atoms with Crippen LogP contribution in [0, 0.1) is 0 Å².